The first-order chi connectivity index (χ1) is 10.1. The summed E-state index contributed by atoms with van der Waals surface area (Å²) in [4.78, 5) is 35.1. The molecule has 3 rings (SSSR count). The maximum atomic E-state index is 12.6. The summed E-state index contributed by atoms with van der Waals surface area (Å²) in [6.45, 7) is 0. The molecule has 2 atom stereocenters. The number of Topliss-reactive ketones (excluding diaryl/α,β-unsaturated/α-hetero) is 1. The summed E-state index contributed by atoms with van der Waals surface area (Å²) < 4.78 is 0. The zero-order valence-electron chi connectivity index (χ0n) is 11.2. The summed E-state index contributed by atoms with van der Waals surface area (Å²) in [6, 6.07) is 5.86. The summed E-state index contributed by atoms with van der Waals surface area (Å²) in [7, 11) is 0. The van der Waals surface area contributed by atoms with Crippen LogP contribution < -0.4 is 0 Å². The van der Waals surface area contributed by atoms with Gasteiger partial charge >= 0.3 is 0 Å². The van der Waals surface area contributed by atoms with Gasteiger partial charge in [-0.05, 0) is 24.5 Å². The fourth-order valence-electron chi connectivity index (χ4n) is 2.95. The van der Waals surface area contributed by atoms with Crippen LogP contribution in [0.3, 0.4) is 0 Å². The molecule has 0 heterocycles. The van der Waals surface area contributed by atoms with Crippen molar-refractivity contribution in [3.05, 3.63) is 58.2 Å². The van der Waals surface area contributed by atoms with E-state index in [9.17, 15) is 19.7 Å². The first-order valence-corrected chi connectivity index (χ1v) is 6.77. The number of ketones is 2. The van der Waals surface area contributed by atoms with E-state index in [-0.39, 0.29) is 29.1 Å². The molecule has 106 valence electrons. The SMILES string of the molecule is O=C1C=C(c2cccc([N+](=O)[O-])c2)C(=O)C2CC=CCC12. The number of fused-ring (bicyclic) bond motifs is 1. The molecule has 1 aromatic rings. The molecule has 0 saturated heterocycles. The molecular formula is C16H13NO4. The number of nitro groups is 1. The summed E-state index contributed by atoms with van der Waals surface area (Å²) in [5.41, 5.74) is 0.648. The quantitative estimate of drug-likeness (QED) is 0.475. The molecule has 0 fully saturated rings. The van der Waals surface area contributed by atoms with Crippen LogP contribution in [-0.2, 0) is 9.59 Å². The molecule has 0 radical (unpaired) electrons. The van der Waals surface area contributed by atoms with Crippen molar-refractivity contribution in [2.75, 3.05) is 0 Å². The van der Waals surface area contributed by atoms with Crippen molar-refractivity contribution in [2.24, 2.45) is 11.8 Å². The lowest BCUT2D eigenvalue weighted by Crippen LogP contribution is -2.35. The molecule has 2 aliphatic rings. The van der Waals surface area contributed by atoms with Crippen molar-refractivity contribution in [1.29, 1.82) is 0 Å². The molecule has 2 aliphatic carbocycles. The van der Waals surface area contributed by atoms with E-state index in [4.69, 9.17) is 0 Å². The first-order valence-electron chi connectivity index (χ1n) is 6.77. The fourth-order valence-corrected chi connectivity index (χ4v) is 2.95. The summed E-state index contributed by atoms with van der Waals surface area (Å²) >= 11 is 0. The number of carbonyl (C=O) groups is 2. The van der Waals surface area contributed by atoms with Gasteiger partial charge in [0.25, 0.3) is 5.69 Å². The second-order valence-corrected chi connectivity index (χ2v) is 5.29. The van der Waals surface area contributed by atoms with Crippen molar-refractivity contribution in [1.82, 2.24) is 0 Å². The first kappa shape index (κ1) is 13.4. The van der Waals surface area contributed by atoms with Gasteiger partial charge in [0.2, 0.25) is 0 Å². The van der Waals surface area contributed by atoms with E-state index in [1.807, 2.05) is 12.2 Å². The lowest BCUT2D eigenvalue weighted by Gasteiger charge is -2.30. The van der Waals surface area contributed by atoms with Crippen LogP contribution in [0, 0.1) is 22.0 Å². The monoisotopic (exact) mass is 283 g/mol. The van der Waals surface area contributed by atoms with Crippen molar-refractivity contribution in [3.63, 3.8) is 0 Å². The lowest BCUT2D eigenvalue weighted by molar-refractivity contribution is -0.384. The maximum absolute atomic E-state index is 12.6. The molecule has 0 aliphatic heterocycles. The van der Waals surface area contributed by atoms with Crippen LogP contribution in [0.15, 0.2) is 42.5 Å². The van der Waals surface area contributed by atoms with Gasteiger partial charge in [0, 0.05) is 29.5 Å². The van der Waals surface area contributed by atoms with E-state index >= 15 is 0 Å². The van der Waals surface area contributed by atoms with E-state index in [1.165, 1.54) is 24.3 Å². The number of allylic oxidation sites excluding steroid dienone is 4. The number of non-ortho nitro benzene ring substituents is 1. The third-order valence-corrected chi connectivity index (χ3v) is 4.05. The standard InChI is InChI=1S/C16H13NO4/c18-15-9-14(10-4-3-5-11(8-10)17(20)21)16(19)13-7-2-1-6-12(13)15/h1-5,8-9,12-13H,6-7H2. The number of hydrogen-bond donors (Lipinski definition) is 0. The Kier molecular flexibility index (Phi) is 3.25. The van der Waals surface area contributed by atoms with Crippen LogP contribution in [0.2, 0.25) is 0 Å². The molecule has 2 unspecified atom stereocenters. The zero-order valence-corrected chi connectivity index (χ0v) is 11.2. The van der Waals surface area contributed by atoms with Gasteiger partial charge in [0.05, 0.1) is 4.92 Å². The third kappa shape index (κ3) is 2.31. The Balaban J connectivity index is 2.02. The van der Waals surface area contributed by atoms with Crippen molar-refractivity contribution >= 4 is 22.8 Å². The summed E-state index contributed by atoms with van der Waals surface area (Å²) in [5, 5.41) is 10.8. The molecule has 0 bridgehead atoms. The van der Waals surface area contributed by atoms with Gasteiger partial charge in [-0.3, -0.25) is 19.7 Å². The molecule has 5 heteroatoms. The highest BCUT2D eigenvalue weighted by Crippen LogP contribution is 2.37. The molecular weight excluding hydrogens is 270 g/mol. The van der Waals surface area contributed by atoms with Gasteiger partial charge in [-0.2, -0.15) is 0 Å². The van der Waals surface area contributed by atoms with Crippen molar-refractivity contribution in [3.8, 4) is 0 Å². The third-order valence-electron chi connectivity index (χ3n) is 4.05. The molecule has 5 nitrogen and oxygen atoms in total. The fraction of sp³-hybridized carbons (Fsp3) is 0.250. The molecule has 0 saturated carbocycles. The Bertz CT molecular complexity index is 702. The van der Waals surface area contributed by atoms with E-state index in [0.717, 1.165) is 0 Å². The predicted octanol–water partition coefficient (Wildman–Crippen LogP) is 2.71. The smallest absolute Gasteiger partial charge is 0.270 e. The minimum Gasteiger partial charge on any atom is -0.294 e. The normalized spacial score (nSPS) is 24.5. The van der Waals surface area contributed by atoms with Gasteiger partial charge in [0.1, 0.15) is 0 Å². The highest BCUT2D eigenvalue weighted by molar-refractivity contribution is 6.29. The number of carbonyl (C=O) groups excluding carboxylic acids is 2. The summed E-state index contributed by atoms with van der Waals surface area (Å²) in [5.74, 6) is -0.762. The number of nitro benzene ring substituents is 1. The van der Waals surface area contributed by atoms with Gasteiger partial charge in [-0.15, -0.1) is 0 Å². The van der Waals surface area contributed by atoms with Gasteiger partial charge in [-0.1, -0.05) is 24.3 Å². The van der Waals surface area contributed by atoms with Crippen LogP contribution >= 0.6 is 0 Å². The van der Waals surface area contributed by atoms with E-state index in [1.54, 1.807) is 6.07 Å². The largest absolute Gasteiger partial charge is 0.294 e. The Morgan fingerprint density at radius 2 is 1.81 bits per heavy atom. The second-order valence-electron chi connectivity index (χ2n) is 5.29. The van der Waals surface area contributed by atoms with Gasteiger partial charge < -0.3 is 0 Å². The van der Waals surface area contributed by atoms with Crippen LogP contribution in [0.5, 0.6) is 0 Å². The number of hydrogen-bond acceptors (Lipinski definition) is 4. The van der Waals surface area contributed by atoms with Gasteiger partial charge in [0.15, 0.2) is 11.6 Å². The minimum atomic E-state index is -0.509. The van der Waals surface area contributed by atoms with Crippen LogP contribution in [0.1, 0.15) is 18.4 Å². The minimum absolute atomic E-state index is 0.0644. The topological polar surface area (TPSA) is 77.3 Å². The lowest BCUT2D eigenvalue weighted by atomic mass is 9.71. The predicted molar refractivity (Wildman–Crippen MR) is 76.4 cm³/mol. The van der Waals surface area contributed by atoms with Crippen LogP contribution in [-0.4, -0.2) is 16.5 Å². The zero-order chi connectivity index (χ0) is 15.0. The van der Waals surface area contributed by atoms with E-state index in [0.29, 0.717) is 24.0 Å². The molecule has 21 heavy (non-hydrogen) atoms. The Morgan fingerprint density at radius 3 is 2.52 bits per heavy atom. The number of benzene rings is 1. The molecule has 0 spiro atoms. The Morgan fingerprint density at radius 1 is 1.10 bits per heavy atom. The maximum Gasteiger partial charge on any atom is 0.270 e. The van der Waals surface area contributed by atoms with E-state index < -0.39 is 4.92 Å². The van der Waals surface area contributed by atoms with E-state index in [2.05, 4.69) is 0 Å². The average Bonchev–Trinajstić information content (AvgIpc) is 2.51. The second kappa shape index (κ2) is 5.09. The number of rotatable bonds is 2. The number of nitrogens with zero attached hydrogens (tertiary/aromatic N) is 1. The Labute approximate surface area is 121 Å². The molecule has 1 aromatic carbocycles. The van der Waals surface area contributed by atoms with Crippen LogP contribution in [0.25, 0.3) is 5.57 Å². The van der Waals surface area contributed by atoms with Crippen molar-refractivity contribution < 1.29 is 14.5 Å². The van der Waals surface area contributed by atoms with Gasteiger partial charge in [-0.25, -0.2) is 0 Å². The highest BCUT2D eigenvalue weighted by atomic mass is 16.6. The average molecular weight is 283 g/mol. The molecule has 0 aromatic heterocycles. The van der Waals surface area contributed by atoms with Crippen LogP contribution in [0.4, 0.5) is 5.69 Å². The highest BCUT2D eigenvalue weighted by Gasteiger charge is 2.38. The Hall–Kier alpha value is -2.56. The molecule has 0 amide bonds. The van der Waals surface area contributed by atoms with Crippen molar-refractivity contribution in [2.45, 2.75) is 12.8 Å². The molecule has 0 N–H and O–H groups in total. The summed E-state index contributed by atoms with van der Waals surface area (Å²) in [6.07, 6.45) is 6.35.